The third-order valence-corrected chi connectivity index (χ3v) is 5.32. The summed E-state index contributed by atoms with van der Waals surface area (Å²) in [7, 11) is 0. The fourth-order valence-electron chi connectivity index (χ4n) is 3.67. The molecule has 0 spiro atoms. The van der Waals surface area contributed by atoms with Crippen molar-refractivity contribution in [1.82, 2.24) is 10.2 Å². The predicted molar refractivity (Wildman–Crippen MR) is 93.0 cm³/mol. The van der Waals surface area contributed by atoms with Crippen LogP contribution < -0.4 is 5.32 Å². The maximum absolute atomic E-state index is 13.0. The molecule has 1 aliphatic carbocycles. The van der Waals surface area contributed by atoms with Gasteiger partial charge in [-0.25, -0.2) is 4.39 Å². The van der Waals surface area contributed by atoms with E-state index in [0.29, 0.717) is 18.7 Å². The number of hydrogen-bond donors (Lipinski definition) is 1. The van der Waals surface area contributed by atoms with Crippen LogP contribution in [-0.2, 0) is 4.79 Å². The first-order valence-corrected chi connectivity index (χ1v) is 8.99. The molecule has 26 heavy (non-hydrogen) atoms. The van der Waals surface area contributed by atoms with Gasteiger partial charge in [-0.2, -0.15) is 0 Å². The molecule has 2 unspecified atom stereocenters. The van der Waals surface area contributed by atoms with Crippen molar-refractivity contribution in [2.75, 3.05) is 13.1 Å². The fourth-order valence-corrected chi connectivity index (χ4v) is 3.67. The largest absolute Gasteiger partial charge is 0.472 e. The van der Waals surface area contributed by atoms with Gasteiger partial charge in [0, 0.05) is 25.0 Å². The molecule has 1 aromatic heterocycles. The minimum absolute atomic E-state index is 0.0222. The Morgan fingerprint density at radius 2 is 1.85 bits per heavy atom. The molecule has 4 rings (SSSR count). The minimum atomic E-state index is -0.257. The van der Waals surface area contributed by atoms with Gasteiger partial charge in [-0.1, -0.05) is 12.1 Å². The number of piperidine rings is 1. The van der Waals surface area contributed by atoms with E-state index in [2.05, 4.69) is 5.32 Å². The maximum Gasteiger partial charge on any atom is 0.257 e. The molecule has 0 bridgehead atoms. The highest BCUT2D eigenvalue weighted by Crippen LogP contribution is 2.47. The summed E-state index contributed by atoms with van der Waals surface area (Å²) in [6.45, 7) is 1.25. The average molecular weight is 356 g/mol. The lowest BCUT2D eigenvalue weighted by Gasteiger charge is -2.32. The molecule has 2 fully saturated rings. The van der Waals surface area contributed by atoms with Crippen molar-refractivity contribution in [2.45, 2.75) is 31.2 Å². The summed E-state index contributed by atoms with van der Waals surface area (Å²) in [6, 6.07) is 8.16. The molecular weight excluding hydrogens is 335 g/mol. The van der Waals surface area contributed by atoms with Crippen molar-refractivity contribution in [3.63, 3.8) is 0 Å². The summed E-state index contributed by atoms with van der Waals surface area (Å²) in [6.07, 6.45) is 5.27. The minimum Gasteiger partial charge on any atom is -0.472 e. The fraction of sp³-hybridized carbons (Fsp3) is 0.400. The Bertz CT molecular complexity index is 780. The van der Waals surface area contributed by atoms with E-state index in [-0.39, 0.29) is 35.5 Å². The Morgan fingerprint density at radius 3 is 2.50 bits per heavy atom. The number of hydrogen-bond acceptors (Lipinski definition) is 3. The van der Waals surface area contributed by atoms with Crippen LogP contribution in [0.2, 0.25) is 0 Å². The first-order valence-electron chi connectivity index (χ1n) is 8.99. The lowest BCUT2D eigenvalue weighted by molar-refractivity contribution is -0.123. The summed E-state index contributed by atoms with van der Waals surface area (Å²) in [5, 5.41) is 3.12. The number of nitrogens with one attached hydrogen (secondary N) is 1. The molecule has 5 nitrogen and oxygen atoms in total. The van der Waals surface area contributed by atoms with Gasteiger partial charge in [0.1, 0.15) is 12.1 Å². The van der Waals surface area contributed by atoms with Gasteiger partial charge in [0.2, 0.25) is 5.91 Å². The van der Waals surface area contributed by atoms with E-state index in [9.17, 15) is 14.0 Å². The Kier molecular flexibility index (Phi) is 4.49. The van der Waals surface area contributed by atoms with Gasteiger partial charge in [-0.3, -0.25) is 9.59 Å². The molecule has 1 N–H and O–H groups in total. The number of nitrogens with zero attached hydrogens (tertiary/aromatic N) is 1. The van der Waals surface area contributed by atoms with Crippen molar-refractivity contribution in [3.05, 3.63) is 59.8 Å². The molecule has 136 valence electrons. The molecule has 1 aromatic carbocycles. The normalized spacial score (nSPS) is 22.9. The van der Waals surface area contributed by atoms with Gasteiger partial charge in [0.05, 0.1) is 11.8 Å². The van der Waals surface area contributed by atoms with Crippen molar-refractivity contribution < 1.29 is 18.4 Å². The second-order valence-electron chi connectivity index (χ2n) is 7.09. The van der Waals surface area contributed by atoms with Crippen LogP contribution in [0, 0.1) is 11.7 Å². The molecule has 2 heterocycles. The third kappa shape index (κ3) is 3.49. The molecule has 1 saturated carbocycles. The quantitative estimate of drug-likeness (QED) is 0.916. The zero-order valence-corrected chi connectivity index (χ0v) is 14.4. The van der Waals surface area contributed by atoms with Crippen LogP contribution in [0.25, 0.3) is 0 Å². The average Bonchev–Trinajstić information content (AvgIpc) is 3.27. The van der Waals surface area contributed by atoms with Crippen LogP contribution in [0.1, 0.15) is 41.1 Å². The number of carbonyl (C=O) groups is 2. The van der Waals surface area contributed by atoms with Crippen molar-refractivity contribution in [1.29, 1.82) is 0 Å². The van der Waals surface area contributed by atoms with Crippen LogP contribution >= 0.6 is 0 Å². The highest BCUT2D eigenvalue weighted by Gasteiger charge is 2.44. The summed E-state index contributed by atoms with van der Waals surface area (Å²) in [5.74, 6) is -0.0439. The first kappa shape index (κ1) is 16.8. The van der Waals surface area contributed by atoms with E-state index in [0.717, 1.165) is 24.8 Å². The molecule has 2 aromatic rings. The van der Waals surface area contributed by atoms with Crippen LogP contribution in [0.15, 0.2) is 47.3 Å². The monoisotopic (exact) mass is 356 g/mol. The molecule has 6 heteroatoms. The second-order valence-corrected chi connectivity index (χ2v) is 7.09. The summed E-state index contributed by atoms with van der Waals surface area (Å²) in [5.41, 5.74) is 1.58. The van der Waals surface area contributed by atoms with Gasteiger partial charge in [-0.05, 0) is 48.9 Å². The van der Waals surface area contributed by atoms with Crippen LogP contribution in [0.3, 0.4) is 0 Å². The molecule has 2 atom stereocenters. The van der Waals surface area contributed by atoms with E-state index >= 15 is 0 Å². The van der Waals surface area contributed by atoms with E-state index < -0.39 is 0 Å². The van der Waals surface area contributed by atoms with Crippen LogP contribution in [0.4, 0.5) is 4.39 Å². The van der Waals surface area contributed by atoms with Crippen LogP contribution in [-0.4, -0.2) is 35.8 Å². The zero-order valence-electron chi connectivity index (χ0n) is 14.4. The summed E-state index contributed by atoms with van der Waals surface area (Å²) < 4.78 is 18.0. The highest BCUT2D eigenvalue weighted by atomic mass is 19.1. The van der Waals surface area contributed by atoms with Gasteiger partial charge < -0.3 is 14.6 Å². The van der Waals surface area contributed by atoms with Gasteiger partial charge in [0.15, 0.2) is 0 Å². The highest BCUT2D eigenvalue weighted by molar-refractivity contribution is 5.93. The number of likely N-dealkylation sites (tertiary alicyclic amines) is 1. The second kappa shape index (κ2) is 6.94. The Balaban J connectivity index is 1.25. The van der Waals surface area contributed by atoms with Crippen molar-refractivity contribution >= 4 is 11.8 Å². The SMILES string of the molecule is O=C(NC1CCN(C(=O)c2ccoc2)CC1)C1CC1c1ccc(F)cc1. The van der Waals surface area contributed by atoms with E-state index in [1.54, 1.807) is 23.1 Å². The predicted octanol–water partition coefficient (Wildman–Crippen LogP) is 2.94. The smallest absolute Gasteiger partial charge is 0.257 e. The number of carbonyl (C=O) groups excluding carboxylic acids is 2. The lowest BCUT2D eigenvalue weighted by atomic mass is 10.0. The topological polar surface area (TPSA) is 62.6 Å². The van der Waals surface area contributed by atoms with Gasteiger partial charge >= 0.3 is 0 Å². The molecular formula is C20H21FN2O3. The number of halogens is 1. The van der Waals surface area contributed by atoms with Gasteiger partial charge in [0.25, 0.3) is 5.91 Å². The van der Waals surface area contributed by atoms with E-state index in [1.807, 2.05) is 0 Å². The van der Waals surface area contributed by atoms with Crippen LogP contribution in [0.5, 0.6) is 0 Å². The Morgan fingerprint density at radius 1 is 1.12 bits per heavy atom. The molecule has 0 radical (unpaired) electrons. The lowest BCUT2D eigenvalue weighted by Crippen LogP contribution is -2.47. The number of benzene rings is 1. The molecule has 2 amide bonds. The molecule has 1 saturated heterocycles. The first-order chi connectivity index (χ1) is 12.6. The van der Waals surface area contributed by atoms with E-state index in [1.165, 1.54) is 24.7 Å². The summed E-state index contributed by atoms with van der Waals surface area (Å²) >= 11 is 0. The molecule has 1 aliphatic heterocycles. The number of furan rings is 1. The van der Waals surface area contributed by atoms with Crippen molar-refractivity contribution in [2.24, 2.45) is 5.92 Å². The number of amides is 2. The molecule has 2 aliphatic rings. The Hall–Kier alpha value is -2.63. The zero-order chi connectivity index (χ0) is 18.1. The van der Waals surface area contributed by atoms with Crippen molar-refractivity contribution in [3.8, 4) is 0 Å². The standard InChI is InChI=1S/C20H21FN2O3/c21-15-3-1-13(2-4-15)17-11-18(17)19(24)22-16-5-8-23(9-6-16)20(25)14-7-10-26-12-14/h1-4,7,10,12,16-18H,5-6,8-9,11H2,(H,22,24). The summed E-state index contributed by atoms with van der Waals surface area (Å²) in [4.78, 5) is 26.5. The number of rotatable bonds is 4. The van der Waals surface area contributed by atoms with Gasteiger partial charge in [-0.15, -0.1) is 0 Å². The van der Waals surface area contributed by atoms with E-state index in [4.69, 9.17) is 4.42 Å². The Labute approximate surface area is 151 Å². The third-order valence-electron chi connectivity index (χ3n) is 5.32. The maximum atomic E-state index is 13.0.